The SMILES string of the molecule is Cc1cc(N(CC(=O)N(Cc2cccc(Br)c2)[C@@H](Cc2ccccc2)C(=O)NC2CCCC2)S(C)(=O)=O)ccc1Br. The number of anilines is 1. The molecule has 1 aliphatic rings. The van der Waals surface area contributed by atoms with Gasteiger partial charge in [-0.15, -0.1) is 0 Å². The minimum absolute atomic E-state index is 0.0712. The Morgan fingerprint density at radius 1 is 0.951 bits per heavy atom. The van der Waals surface area contributed by atoms with Crippen molar-refractivity contribution >= 4 is 59.4 Å². The van der Waals surface area contributed by atoms with Crippen LogP contribution in [-0.4, -0.2) is 50.0 Å². The van der Waals surface area contributed by atoms with E-state index in [4.69, 9.17) is 0 Å². The first-order valence-corrected chi connectivity index (χ1v) is 17.1. The average Bonchev–Trinajstić information content (AvgIpc) is 3.44. The van der Waals surface area contributed by atoms with Gasteiger partial charge in [-0.25, -0.2) is 8.42 Å². The number of rotatable bonds is 11. The van der Waals surface area contributed by atoms with Gasteiger partial charge < -0.3 is 10.2 Å². The third-order valence-corrected chi connectivity index (χ3v) is 9.85. The normalized spacial score (nSPS) is 14.4. The van der Waals surface area contributed by atoms with Crippen LogP contribution in [0, 0.1) is 6.92 Å². The standard InChI is InChI=1S/C31H35Br2N3O4S/c1-22-17-27(15-16-28(22)33)36(41(2,39)40)21-30(37)35(20-24-11-8-12-25(32)18-24)29(19-23-9-4-3-5-10-23)31(38)34-26-13-6-7-14-26/h3-5,8-12,15-18,26,29H,6-7,13-14,19-21H2,1-2H3,(H,34,38)/t29-/m0/s1. The van der Waals surface area contributed by atoms with Gasteiger partial charge in [0.2, 0.25) is 21.8 Å². The van der Waals surface area contributed by atoms with Gasteiger partial charge >= 0.3 is 0 Å². The third kappa shape index (κ3) is 8.66. The number of carbonyl (C=O) groups excluding carboxylic acids is 2. The molecular weight excluding hydrogens is 670 g/mol. The Labute approximate surface area is 259 Å². The van der Waals surface area contributed by atoms with E-state index in [0.717, 1.165) is 61.9 Å². The molecule has 0 spiro atoms. The number of carbonyl (C=O) groups is 2. The van der Waals surface area contributed by atoms with Gasteiger partial charge in [0.05, 0.1) is 11.9 Å². The predicted octanol–water partition coefficient (Wildman–Crippen LogP) is 5.98. The van der Waals surface area contributed by atoms with Crippen LogP contribution < -0.4 is 9.62 Å². The fraction of sp³-hybridized carbons (Fsp3) is 0.355. The molecule has 1 fully saturated rings. The largest absolute Gasteiger partial charge is 0.352 e. The number of aryl methyl sites for hydroxylation is 1. The molecule has 10 heteroatoms. The van der Waals surface area contributed by atoms with Crippen LogP contribution in [0.4, 0.5) is 5.69 Å². The highest BCUT2D eigenvalue weighted by Gasteiger charge is 2.34. The maximum Gasteiger partial charge on any atom is 0.244 e. The van der Waals surface area contributed by atoms with Gasteiger partial charge in [0.1, 0.15) is 12.6 Å². The molecule has 4 rings (SSSR count). The van der Waals surface area contributed by atoms with Gasteiger partial charge in [0.15, 0.2) is 0 Å². The van der Waals surface area contributed by atoms with Gasteiger partial charge in [-0.05, 0) is 66.8 Å². The fourth-order valence-electron chi connectivity index (χ4n) is 5.15. The number of hydrogen-bond acceptors (Lipinski definition) is 4. The Kier molecular flexibility index (Phi) is 10.7. The van der Waals surface area contributed by atoms with Crippen molar-refractivity contribution in [3.8, 4) is 0 Å². The zero-order chi connectivity index (χ0) is 29.6. The number of nitrogens with one attached hydrogen (secondary N) is 1. The van der Waals surface area contributed by atoms with Crippen molar-refractivity contribution in [1.29, 1.82) is 0 Å². The molecular formula is C31H35Br2N3O4S. The highest BCUT2D eigenvalue weighted by atomic mass is 79.9. The smallest absolute Gasteiger partial charge is 0.244 e. The van der Waals surface area contributed by atoms with Crippen LogP contribution in [0.5, 0.6) is 0 Å². The lowest BCUT2D eigenvalue weighted by Gasteiger charge is -2.34. The second-order valence-electron chi connectivity index (χ2n) is 10.6. The summed E-state index contributed by atoms with van der Waals surface area (Å²) in [5, 5.41) is 3.18. The summed E-state index contributed by atoms with van der Waals surface area (Å²) in [5.74, 6) is -0.687. The van der Waals surface area contributed by atoms with Crippen LogP contribution in [-0.2, 0) is 32.6 Å². The van der Waals surface area contributed by atoms with E-state index in [0.29, 0.717) is 12.1 Å². The van der Waals surface area contributed by atoms with E-state index < -0.39 is 28.5 Å². The molecule has 0 aliphatic heterocycles. The summed E-state index contributed by atoms with van der Waals surface area (Å²) in [5.41, 5.74) is 2.96. The summed E-state index contributed by atoms with van der Waals surface area (Å²) in [7, 11) is -3.82. The Bertz CT molecular complexity index is 1480. The number of sulfonamides is 1. The van der Waals surface area contributed by atoms with E-state index >= 15 is 0 Å². The lowest BCUT2D eigenvalue weighted by Crippen LogP contribution is -2.54. The van der Waals surface area contributed by atoms with Gasteiger partial charge in [0.25, 0.3) is 0 Å². The minimum atomic E-state index is -3.82. The molecule has 2 amide bonds. The van der Waals surface area contributed by atoms with E-state index in [9.17, 15) is 18.0 Å². The number of amides is 2. The van der Waals surface area contributed by atoms with Crippen molar-refractivity contribution in [3.63, 3.8) is 0 Å². The molecule has 0 unspecified atom stereocenters. The van der Waals surface area contributed by atoms with Crippen molar-refractivity contribution < 1.29 is 18.0 Å². The van der Waals surface area contributed by atoms with Crippen LogP contribution >= 0.6 is 31.9 Å². The molecule has 41 heavy (non-hydrogen) atoms. The van der Waals surface area contributed by atoms with Crippen LogP contribution in [0.2, 0.25) is 0 Å². The average molecular weight is 706 g/mol. The Hall–Kier alpha value is -2.69. The maximum atomic E-state index is 14.2. The van der Waals surface area contributed by atoms with Crippen LogP contribution in [0.1, 0.15) is 42.4 Å². The van der Waals surface area contributed by atoms with Crippen LogP contribution in [0.15, 0.2) is 81.7 Å². The molecule has 1 saturated carbocycles. The van der Waals surface area contributed by atoms with Crippen molar-refractivity contribution in [2.75, 3.05) is 17.1 Å². The molecule has 0 aromatic heterocycles. The first-order chi connectivity index (χ1) is 19.5. The Morgan fingerprint density at radius 2 is 1.63 bits per heavy atom. The lowest BCUT2D eigenvalue weighted by molar-refractivity contribution is -0.140. The molecule has 0 radical (unpaired) electrons. The zero-order valence-corrected chi connectivity index (χ0v) is 27.2. The number of nitrogens with zero attached hydrogens (tertiary/aromatic N) is 2. The van der Waals surface area contributed by atoms with E-state index in [1.807, 2.05) is 61.5 Å². The summed E-state index contributed by atoms with van der Waals surface area (Å²) < 4.78 is 28.7. The van der Waals surface area contributed by atoms with E-state index in [2.05, 4.69) is 37.2 Å². The fourth-order valence-corrected chi connectivity index (χ4v) is 6.69. The number of halogens is 2. The predicted molar refractivity (Wildman–Crippen MR) is 170 cm³/mol. The summed E-state index contributed by atoms with van der Waals surface area (Å²) in [6.45, 7) is 1.57. The minimum Gasteiger partial charge on any atom is -0.352 e. The molecule has 3 aromatic carbocycles. The molecule has 7 nitrogen and oxygen atoms in total. The lowest BCUT2D eigenvalue weighted by atomic mass is 10.0. The van der Waals surface area contributed by atoms with E-state index in [1.54, 1.807) is 18.2 Å². The van der Waals surface area contributed by atoms with Gasteiger partial charge in [-0.2, -0.15) is 0 Å². The van der Waals surface area contributed by atoms with Gasteiger partial charge in [-0.1, -0.05) is 87.2 Å². The summed E-state index contributed by atoms with van der Waals surface area (Å²) in [6.07, 6.45) is 5.33. The van der Waals surface area contributed by atoms with Crippen molar-refractivity contribution in [3.05, 3.63) is 98.4 Å². The summed E-state index contributed by atoms with van der Waals surface area (Å²) in [4.78, 5) is 29.6. The Balaban J connectivity index is 1.73. The first kappa shape index (κ1) is 31.3. The van der Waals surface area contributed by atoms with Crippen LogP contribution in [0.25, 0.3) is 0 Å². The molecule has 0 heterocycles. The quantitative estimate of drug-likeness (QED) is 0.266. The molecule has 1 atom stereocenters. The van der Waals surface area contributed by atoms with Crippen molar-refractivity contribution in [2.24, 2.45) is 0 Å². The first-order valence-electron chi connectivity index (χ1n) is 13.6. The van der Waals surface area contributed by atoms with Gasteiger partial charge in [-0.3, -0.25) is 13.9 Å². The second kappa shape index (κ2) is 14.0. The highest BCUT2D eigenvalue weighted by molar-refractivity contribution is 9.10. The highest BCUT2D eigenvalue weighted by Crippen LogP contribution is 2.26. The molecule has 1 N–H and O–H groups in total. The molecule has 218 valence electrons. The molecule has 0 bridgehead atoms. The number of hydrogen-bond donors (Lipinski definition) is 1. The van der Waals surface area contributed by atoms with Crippen LogP contribution in [0.3, 0.4) is 0 Å². The van der Waals surface area contributed by atoms with Crippen molar-refractivity contribution in [1.82, 2.24) is 10.2 Å². The number of benzene rings is 3. The second-order valence-corrected chi connectivity index (χ2v) is 14.2. The molecule has 3 aromatic rings. The molecule has 0 saturated heterocycles. The monoisotopic (exact) mass is 703 g/mol. The summed E-state index contributed by atoms with van der Waals surface area (Å²) >= 11 is 6.96. The summed E-state index contributed by atoms with van der Waals surface area (Å²) in [6, 6.07) is 21.6. The topological polar surface area (TPSA) is 86.8 Å². The third-order valence-electron chi connectivity index (χ3n) is 7.32. The maximum absolute atomic E-state index is 14.2. The van der Waals surface area contributed by atoms with E-state index in [1.165, 1.54) is 4.90 Å². The molecule has 1 aliphatic carbocycles. The van der Waals surface area contributed by atoms with E-state index in [-0.39, 0.29) is 18.5 Å². The Morgan fingerprint density at radius 3 is 2.27 bits per heavy atom. The van der Waals surface area contributed by atoms with Gasteiger partial charge in [0, 0.05) is 28.0 Å². The van der Waals surface area contributed by atoms with Crippen molar-refractivity contribution in [2.45, 2.75) is 57.7 Å². The zero-order valence-electron chi connectivity index (χ0n) is 23.2.